The maximum atomic E-state index is 12.1. The molecule has 0 aromatic rings. The molecule has 0 spiro atoms. The summed E-state index contributed by atoms with van der Waals surface area (Å²) in [5.74, 6) is 1.31. The first-order valence-electron chi connectivity index (χ1n) is 25.8. The lowest BCUT2D eigenvalue weighted by Crippen LogP contribution is -2.26. The Morgan fingerprint density at radius 1 is 0.400 bits per heavy atom. The Bertz CT molecular complexity index is 824. The number of rotatable bonds is 46. The number of hydrogen-bond acceptors (Lipinski definition) is 9. The normalized spacial score (nSPS) is 12.2. The van der Waals surface area contributed by atoms with Gasteiger partial charge in [-0.3, -0.25) is 0 Å². The molecular weight excluding hydrogens is 755 g/mol. The van der Waals surface area contributed by atoms with Gasteiger partial charge >= 0.3 is 12.3 Å². The summed E-state index contributed by atoms with van der Waals surface area (Å²) in [6, 6.07) is 0. The van der Waals surface area contributed by atoms with Crippen LogP contribution in [0.15, 0.2) is 0 Å². The van der Waals surface area contributed by atoms with E-state index in [-0.39, 0.29) is 12.4 Å². The van der Waals surface area contributed by atoms with Gasteiger partial charge in [0.25, 0.3) is 0 Å². The maximum Gasteiger partial charge on any atom is 0.508 e. The molecule has 1 atom stereocenters. The SMILES string of the molecule is CCCCCC(CCCCC)CCOC(=O)OCCCCCCCCC(CCCCCCCCOC(=O)OCCC(CCCCC)CCCCC)OC(C)OCCN(C)C. The summed E-state index contributed by atoms with van der Waals surface area (Å²) < 4.78 is 34.0. The van der Waals surface area contributed by atoms with Gasteiger partial charge in [0.05, 0.1) is 39.1 Å². The van der Waals surface area contributed by atoms with Gasteiger partial charge < -0.3 is 33.3 Å². The first-order valence-corrected chi connectivity index (χ1v) is 25.8. The number of unbranched alkanes of at least 4 members (excludes halogenated alkanes) is 18. The molecule has 0 aliphatic rings. The van der Waals surface area contributed by atoms with Crippen molar-refractivity contribution < 1.29 is 38.0 Å². The lowest BCUT2D eigenvalue weighted by molar-refractivity contribution is -0.164. The van der Waals surface area contributed by atoms with E-state index in [1.165, 1.54) is 128 Å². The molecule has 9 heteroatoms. The monoisotopic (exact) mass is 856 g/mol. The molecule has 0 amide bonds. The van der Waals surface area contributed by atoms with E-state index in [9.17, 15) is 9.59 Å². The highest BCUT2D eigenvalue weighted by Crippen LogP contribution is 2.23. The lowest BCUT2D eigenvalue weighted by atomic mass is 9.92. The molecule has 0 N–H and O–H groups in total. The van der Waals surface area contributed by atoms with E-state index in [4.69, 9.17) is 28.4 Å². The molecule has 0 aliphatic carbocycles. The zero-order chi connectivity index (χ0) is 44.2. The summed E-state index contributed by atoms with van der Waals surface area (Å²) in [6.07, 6.45) is 36.5. The first kappa shape index (κ1) is 58.4. The molecular formula is C51H101NO8. The third-order valence-electron chi connectivity index (χ3n) is 11.9. The zero-order valence-electron chi connectivity index (χ0n) is 40.9. The van der Waals surface area contributed by atoms with Gasteiger partial charge in [-0.2, -0.15) is 0 Å². The van der Waals surface area contributed by atoms with Crippen molar-refractivity contribution in [1.82, 2.24) is 4.90 Å². The van der Waals surface area contributed by atoms with E-state index in [1.54, 1.807) is 0 Å². The number of carbonyl (C=O) groups is 2. The molecule has 0 aliphatic heterocycles. The van der Waals surface area contributed by atoms with Crippen LogP contribution in [0.1, 0.15) is 240 Å². The maximum absolute atomic E-state index is 12.1. The lowest BCUT2D eigenvalue weighted by Gasteiger charge is -2.23. The molecule has 9 nitrogen and oxygen atoms in total. The van der Waals surface area contributed by atoms with Gasteiger partial charge in [0.15, 0.2) is 6.29 Å². The summed E-state index contributed by atoms with van der Waals surface area (Å²) in [4.78, 5) is 26.4. The Morgan fingerprint density at radius 2 is 0.733 bits per heavy atom. The standard InChI is InChI=1S/C51H101NO8/c1-8-12-24-32-47(33-25-13-9-2)38-43-58-50(53)56-41-30-22-18-16-20-28-36-49(60-46(5)55-45-40-52(6)7)37-29-21-17-19-23-31-42-57-51(54)59-44-39-48(34-26-14-10-3)35-27-15-11-4/h46-49H,8-45H2,1-7H3. The second-order valence-electron chi connectivity index (χ2n) is 18.0. The minimum atomic E-state index is -0.505. The second-order valence-corrected chi connectivity index (χ2v) is 18.0. The quantitative estimate of drug-likeness (QED) is 0.0337. The van der Waals surface area contributed by atoms with E-state index in [2.05, 4.69) is 46.7 Å². The van der Waals surface area contributed by atoms with Crippen LogP contribution in [0.2, 0.25) is 0 Å². The number of nitrogens with zero attached hydrogens (tertiary/aromatic N) is 1. The first-order chi connectivity index (χ1) is 29.2. The van der Waals surface area contributed by atoms with Crippen molar-refractivity contribution in [1.29, 1.82) is 0 Å². The summed E-state index contributed by atoms with van der Waals surface area (Å²) in [5.41, 5.74) is 0. The van der Waals surface area contributed by atoms with Crippen LogP contribution < -0.4 is 0 Å². The van der Waals surface area contributed by atoms with Crippen LogP contribution >= 0.6 is 0 Å². The van der Waals surface area contributed by atoms with Crippen LogP contribution in [0.5, 0.6) is 0 Å². The van der Waals surface area contributed by atoms with Crippen molar-refractivity contribution >= 4 is 12.3 Å². The Balaban J connectivity index is 4.22. The van der Waals surface area contributed by atoms with Crippen LogP contribution in [0.4, 0.5) is 9.59 Å². The van der Waals surface area contributed by atoms with Gasteiger partial charge in [0.2, 0.25) is 0 Å². The third kappa shape index (κ3) is 41.8. The van der Waals surface area contributed by atoms with E-state index in [1.807, 2.05) is 6.92 Å². The van der Waals surface area contributed by atoms with Crippen molar-refractivity contribution in [2.24, 2.45) is 11.8 Å². The largest absolute Gasteiger partial charge is 0.508 e. The average Bonchev–Trinajstić information content (AvgIpc) is 3.22. The van der Waals surface area contributed by atoms with Crippen molar-refractivity contribution in [3.05, 3.63) is 0 Å². The van der Waals surface area contributed by atoms with Gasteiger partial charge in [0, 0.05) is 6.54 Å². The van der Waals surface area contributed by atoms with Gasteiger partial charge in [-0.05, 0) is 71.4 Å². The fraction of sp³-hybridized carbons (Fsp3) is 0.961. The van der Waals surface area contributed by atoms with E-state index >= 15 is 0 Å². The second kappa shape index (κ2) is 45.4. The van der Waals surface area contributed by atoms with Crippen molar-refractivity contribution in [3.8, 4) is 0 Å². The topological polar surface area (TPSA) is 92.8 Å². The van der Waals surface area contributed by atoms with E-state index < -0.39 is 12.3 Å². The molecule has 1 unspecified atom stereocenters. The predicted octanol–water partition coefficient (Wildman–Crippen LogP) is 15.4. The molecule has 0 rings (SSSR count). The number of ether oxygens (including phenoxy) is 6. The number of likely N-dealkylation sites (N-methyl/N-ethyl adjacent to an activating group) is 1. The Kier molecular flexibility index (Phi) is 44.2. The Labute approximate surface area is 372 Å². The highest BCUT2D eigenvalue weighted by molar-refractivity contribution is 5.60. The summed E-state index contributed by atoms with van der Waals surface area (Å²) >= 11 is 0. The molecule has 0 saturated heterocycles. The fourth-order valence-electron chi connectivity index (χ4n) is 7.96. The van der Waals surface area contributed by atoms with Crippen molar-refractivity contribution in [2.75, 3.05) is 53.7 Å². The molecule has 0 fully saturated rings. The summed E-state index contributed by atoms with van der Waals surface area (Å²) in [7, 11) is 4.12. The van der Waals surface area contributed by atoms with Gasteiger partial charge in [-0.25, -0.2) is 9.59 Å². The minimum Gasteiger partial charge on any atom is -0.434 e. The van der Waals surface area contributed by atoms with Gasteiger partial charge in [0.1, 0.15) is 0 Å². The summed E-state index contributed by atoms with van der Waals surface area (Å²) in [6.45, 7) is 14.4. The van der Waals surface area contributed by atoms with Gasteiger partial charge in [-0.15, -0.1) is 0 Å². The van der Waals surface area contributed by atoms with Gasteiger partial charge in [-0.1, -0.05) is 195 Å². The van der Waals surface area contributed by atoms with Crippen molar-refractivity contribution in [3.63, 3.8) is 0 Å². The minimum absolute atomic E-state index is 0.204. The molecule has 0 heterocycles. The zero-order valence-corrected chi connectivity index (χ0v) is 40.9. The molecule has 0 radical (unpaired) electrons. The molecule has 0 aromatic heterocycles. The van der Waals surface area contributed by atoms with Crippen LogP contribution in [-0.4, -0.2) is 83.3 Å². The van der Waals surface area contributed by atoms with E-state index in [0.29, 0.717) is 44.9 Å². The molecule has 0 saturated carbocycles. The van der Waals surface area contributed by atoms with Crippen molar-refractivity contribution in [2.45, 2.75) is 252 Å². The smallest absolute Gasteiger partial charge is 0.434 e. The highest BCUT2D eigenvalue weighted by atomic mass is 16.7. The highest BCUT2D eigenvalue weighted by Gasteiger charge is 2.15. The molecule has 0 bridgehead atoms. The predicted molar refractivity (Wildman–Crippen MR) is 251 cm³/mol. The average molecular weight is 856 g/mol. The Hall–Kier alpha value is -1.58. The molecule has 60 heavy (non-hydrogen) atoms. The summed E-state index contributed by atoms with van der Waals surface area (Å²) in [5, 5.41) is 0. The molecule has 358 valence electrons. The van der Waals surface area contributed by atoms with E-state index in [0.717, 1.165) is 83.6 Å². The number of carbonyl (C=O) groups excluding carboxylic acids is 2. The van der Waals surface area contributed by atoms with Crippen LogP contribution in [-0.2, 0) is 28.4 Å². The van der Waals surface area contributed by atoms with Crippen LogP contribution in [0.25, 0.3) is 0 Å². The van der Waals surface area contributed by atoms with Crippen LogP contribution in [0.3, 0.4) is 0 Å². The van der Waals surface area contributed by atoms with Crippen LogP contribution in [0, 0.1) is 11.8 Å². The number of hydrogen-bond donors (Lipinski definition) is 0. The Morgan fingerprint density at radius 3 is 1.10 bits per heavy atom. The molecule has 0 aromatic carbocycles. The fourth-order valence-corrected chi connectivity index (χ4v) is 7.96. The third-order valence-corrected chi connectivity index (χ3v) is 11.9.